The van der Waals surface area contributed by atoms with E-state index in [2.05, 4.69) is 6.92 Å². The summed E-state index contributed by atoms with van der Waals surface area (Å²) in [5.41, 5.74) is 1.88. The largest absolute Gasteiger partial charge is 0.380 e. The van der Waals surface area contributed by atoms with Crippen molar-refractivity contribution >= 4 is 0 Å². The number of halogens is 2. The highest BCUT2D eigenvalue weighted by atomic mass is 19.1. The van der Waals surface area contributed by atoms with E-state index in [1.807, 2.05) is 24.3 Å². The molecule has 3 nitrogen and oxygen atoms in total. The van der Waals surface area contributed by atoms with E-state index in [1.54, 1.807) is 0 Å². The van der Waals surface area contributed by atoms with Crippen molar-refractivity contribution in [2.75, 3.05) is 20.3 Å². The van der Waals surface area contributed by atoms with Gasteiger partial charge in [0.1, 0.15) is 11.6 Å². The second kappa shape index (κ2) is 9.40. The summed E-state index contributed by atoms with van der Waals surface area (Å²) >= 11 is 0. The van der Waals surface area contributed by atoms with Crippen molar-refractivity contribution in [1.82, 2.24) is 0 Å². The van der Waals surface area contributed by atoms with Gasteiger partial charge in [0.25, 0.3) is 0 Å². The Labute approximate surface area is 159 Å². The van der Waals surface area contributed by atoms with Crippen molar-refractivity contribution in [3.63, 3.8) is 0 Å². The molecule has 0 atom stereocenters. The molecule has 0 spiro atoms. The SMILES string of the molecule is CCCCC1COC(c2ccccc2-c2cc(F)c(COC)c(F)c2)OC1. The van der Waals surface area contributed by atoms with Gasteiger partial charge in [-0.05, 0) is 29.7 Å². The predicted octanol–water partition coefficient (Wildman–Crippen LogP) is 5.63. The van der Waals surface area contributed by atoms with Crippen molar-refractivity contribution in [1.29, 1.82) is 0 Å². The molecular weight excluding hydrogens is 350 g/mol. The number of benzene rings is 2. The second-order valence-corrected chi connectivity index (χ2v) is 6.95. The summed E-state index contributed by atoms with van der Waals surface area (Å²) < 4.78 is 45.4. The number of unbranched alkanes of at least 4 members (excludes halogenated alkanes) is 1. The summed E-state index contributed by atoms with van der Waals surface area (Å²) in [4.78, 5) is 0. The molecule has 0 aromatic heterocycles. The van der Waals surface area contributed by atoms with Crippen LogP contribution in [0, 0.1) is 17.6 Å². The Morgan fingerprint density at radius 1 is 1.07 bits per heavy atom. The minimum absolute atomic E-state index is 0.0670. The van der Waals surface area contributed by atoms with Crippen molar-refractivity contribution in [2.24, 2.45) is 5.92 Å². The highest BCUT2D eigenvalue weighted by Crippen LogP contribution is 2.35. The van der Waals surface area contributed by atoms with Gasteiger partial charge < -0.3 is 14.2 Å². The van der Waals surface area contributed by atoms with Gasteiger partial charge in [0.2, 0.25) is 0 Å². The van der Waals surface area contributed by atoms with E-state index in [0.29, 0.717) is 30.3 Å². The maximum absolute atomic E-state index is 14.3. The molecule has 5 heteroatoms. The standard InChI is InChI=1S/C22H26F2O3/c1-3-4-7-15-12-26-22(27-13-15)18-9-6-5-8-17(18)16-10-20(23)19(14-25-2)21(24)11-16/h5-6,8-11,15,22H,3-4,7,12-14H2,1-2H3. The third-order valence-electron chi connectivity index (χ3n) is 4.89. The van der Waals surface area contributed by atoms with E-state index in [1.165, 1.54) is 19.2 Å². The predicted molar refractivity (Wildman–Crippen MR) is 100 cm³/mol. The summed E-state index contributed by atoms with van der Waals surface area (Å²) in [7, 11) is 1.41. The lowest BCUT2D eigenvalue weighted by Crippen LogP contribution is -2.27. The van der Waals surface area contributed by atoms with E-state index in [4.69, 9.17) is 14.2 Å². The number of hydrogen-bond acceptors (Lipinski definition) is 3. The van der Waals surface area contributed by atoms with E-state index < -0.39 is 17.9 Å². The van der Waals surface area contributed by atoms with Crippen LogP contribution in [0.2, 0.25) is 0 Å². The summed E-state index contributed by atoms with van der Waals surface area (Å²) in [5, 5.41) is 0. The van der Waals surface area contributed by atoms with Gasteiger partial charge in [-0.1, -0.05) is 44.0 Å². The van der Waals surface area contributed by atoms with E-state index in [9.17, 15) is 8.78 Å². The Morgan fingerprint density at radius 3 is 2.37 bits per heavy atom. The van der Waals surface area contributed by atoms with E-state index >= 15 is 0 Å². The van der Waals surface area contributed by atoms with Crippen LogP contribution in [0.3, 0.4) is 0 Å². The molecule has 0 amide bonds. The molecule has 1 aliphatic rings. The summed E-state index contributed by atoms with van der Waals surface area (Å²) in [5.74, 6) is -0.838. The molecule has 0 bridgehead atoms. The molecule has 0 radical (unpaired) electrons. The minimum atomic E-state index is -0.619. The first-order chi connectivity index (χ1) is 13.1. The number of methoxy groups -OCH3 is 1. The zero-order valence-corrected chi connectivity index (χ0v) is 15.8. The van der Waals surface area contributed by atoms with Crippen LogP contribution in [0.4, 0.5) is 8.78 Å². The minimum Gasteiger partial charge on any atom is -0.380 e. The summed E-state index contributed by atoms with van der Waals surface area (Å²) in [6.07, 6.45) is 2.87. The summed E-state index contributed by atoms with van der Waals surface area (Å²) in [6, 6.07) is 10.1. The fraction of sp³-hybridized carbons (Fsp3) is 0.455. The first-order valence-electron chi connectivity index (χ1n) is 9.43. The smallest absolute Gasteiger partial charge is 0.184 e. The zero-order chi connectivity index (χ0) is 19.2. The quantitative estimate of drug-likeness (QED) is 0.627. The number of rotatable bonds is 7. The van der Waals surface area contributed by atoms with Crippen LogP contribution < -0.4 is 0 Å². The van der Waals surface area contributed by atoms with Crippen LogP contribution in [0.5, 0.6) is 0 Å². The molecule has 2 aromatic rings. The monoisotopic (exact) mass is 376 g/mol. The van der Waals surface area contributed by atoms with Gasteiger partial charge in [-0.3, -0.25) is 0 Å². The van der Waals surface area contributed by atoms with Crippen molar-refractivity contribution in [3.05, 3.63) is 59.2 Å². The third-order valence-corrected chi connectivity index (χ3v) is 4.89. The lowest BCUT2D eigenvalue weighted by atomic mass is 9.97. The zero-order valence-electron chi connectivity index (χ0n) is 15.8. The molecule has 3 rings (SSSR count). The van der Waals surface area contributed by atoms with Crippen LogP contribution in [0.15, 0.2) is 36.4 Å². The average molecular weight is 376 g/mol. The van der Waals surface area contributed by atoms with Crippen molar-refractivity contribution in [3.8, 4) is 11.1 Å². The Bertz CT molecular complexity index is 732. The molecule has 2 aromatic carbocycles. The molecule has 0 saturated carbocycles. The van der Waals surface area contributed by atoms with Gasteiger partial charge in [0.15, 0.2) is 6.29 Å². The molecule has 146 valence electrons. The normalized spacial score (nSPS) is 20.0. The van der Waals surface area contributed by atoms with E-state index in [0.717, 1.165) is 24.8 Å². The fourth-order valence-electron chi connectivity index (χ4n) is 3.39. The molecule has 0 unspecified atom stereocenters. The lowest BCUT2D eigenvalue weighted by molar-refractivity contribution is -0.205. The van der Waals surface area contributed by atoms with E-state index in [-0.39, 0.29) is 12.2 Å². The van der Waals surface area contributed by atoms with Gasteiger partial charge in [-0.2, -0.15) is 0 Å². The van der Waals surface area contributed by atoms with Crippen LogP contribution in [-0.2, 0) is 20.8 Å². The first kappa shape index (κ1) is 19.9. The lowest BCUT2D eigenvalue weighted by Gasteiger charge is -2.30. The topological polar surface area (TPSA) is 27.7 Å². The molecule has 1 saturated heterocycles. The molecule has 27 heavy (non-hydrogen) atoms. The Kier molecular flexibility index (Phi) is 6.94. The first-order valence-corrected chi connectivity index (χ1v) is 9.43. The second-order valence-electron chi connectivity index (χ2n) is 6.95. The Morgan fingerprint density at radius 2 is 1.74 bits per heavy atom. The summed E-state index contributed by atoms with van der Waals surface area (Å²) in [6.45, 7) is 3.33. The van der Waals surface area contributed by atoms with Gasteiger partial charge in [0.05, 0.1) is 19.8 Å². The number of hydrogen-bond donors (Lipinski definition) is 0. The Balaban J connectivity index is 1.83. The molecule has 1 aliphatic heterocycles. The fourth-order valence-corrected chi connectivity index (χ4v) is 3.39. The van der Waals surface area contributed by atoms with Gasteiger partial charge in [-0.15, -0.1) is 0 Å². The Hall–Kier alpha value is -1.82. The van der Waals surface area contributed by atoms with Crippen molar-refractivity contribution in [2.45, 2.75) is 39.1 Å². The average Bonchev–Trinajstić information content (AvgIpc) is 2.69. The van der Waals surface area contributed by atoms with Crippen LogP contribution >= 0.6 is 0 Å². The molecule has 1 fully saturated rings. The maximum atomic E-state index is 14.3. The third kappa shape index (κ3) is 4.72. The number of ether oxygens (including phenoxy) is 3. The van der Waals surface area contributed by atoms with Crippen LogP contribution in [0.1, 0.15) is 43.6 Å². The van der Waals surface area contributed by atoms with Gasteiger partial charge in [0, 0.05) is 24.2 Å². The molecule has 1 heterocycles. The van der Waals surface area contributed by atoms with Crippen molar-refractivity contribution < 1.29 is 23.0 Å². The highest BCUT2D eigenvalue weighted by molar-refractivity contribution is 5.68. The van der Waals surface area contributed by atoms with Gasteiger partial charge >= 0.3 is 0 Å². The van der Waals surface area contributed by atoms with Crippen LogP contribution in [0.25, 0.3) is 11.1 Å². The molecule has 0 N–H and O–H groups in total. The highest BCUT2D eigenvalue weighted by Gasteiger charge is 2.25. The molecule has 0 aliphatic carbocycles. The van der Waals surface area contributed by atoms with Crippen LogP contribution in [-0.4, -0.2) is 20.3 Å². The van der Waals surface area contributed by atoms with Gasteiger partial charge in [-0.25, -0.2) is 8.78 Å². The molecular formula is C22H26F2O3. The maximum Gasteiger partial charge on any atom is 0.184 e.